The van der Waals surface area contributed by atoms with Crippen LogP contribution in [0.25, 0.3) is 0 Å². The zero-order valence-electron chi connectivity index (χ0n) is 9.64. The number of hydrogen-bond donors (Lipinski definition) is 2. The minimum absolute atomic E-state index is 0.0265. The number of hydrogen-bond acceptors (Lipinski definition) is 4. The van der Waals surface area contributed by atoms with Gasteiger partial charge >= 0.3 is 0 Å². The predicted molar refractivity (Wildman–Crippen MR) is 71.6 cm³/mol. The molecule has 0 amide bonds. The minimum atomic E-state index is -3.63. The first kappa shape index (κ1) is 14.8. The molecule has 0 bridgehead atoms. The molecular formula is C10H13FN2O3S2. The average Bonchev–Trinajstić information content (AvgIpc) is 2.25. The number of sulfonamides is 1. The maximum Gasteiger partial charge on any atom is 0.235 e. The van der Waals surface area contributed by atoms with Gasteiger partial charge in [0.1, 0.15) is 10.8 Å². The Morgan fingerprint density at radius 3 is 2.78 bits per heavy atom. The number of nitrogens with one attached hydrogen (secondary N) is 1. The lowest BCUT2D eigenvalue weighted by Gasteiger charge is -2.12. The van der Waals surface area contributed by atoms with Crippen LogP contribution in [0.4, 0.5) is 10.1 Å². The number of nitrogens with two attached hydrogens (primary N) is 1. The summed E-state index contributed by atoms with van der Waals surface area (Å²) in [6.45, 7) is 0.0348. The van der Waals surface area contributed by atoms with Crippen LogP contribution in [0.15, 0.2) is 18.2 Å². The van der Waals surface area contributed by atoms with Crippen molar-refractivity contribution in [3.63, 3.8) is 0 Å². The van der Waals surface area contributed by atoms with Crippen molar-refractivity contribution < 1.29 is 17.5 Å². The fourth-order valence-corrected chi connectivity index (χ4v) is 2.47. The Morgan fingerprint density at radius 2 is 2.22 bits per heavy atom. The number of ether oxygens (including phenoxy) is 1. The van der Waals surface area contributed by atoms with E-state index in [9.17, 15) is 12.8 Å². The van der Waals surface area contributed by atoms with Crippen molar-refractivity contribution in [2.75, 3.05) is 24.2 Å². The van der Waals surface area contributed by atoms with Crippen molar-refractivity contribution in [2.45, 2.75) is 0 Å². The third-order valence-corrected chi connectivity index (χ3v) is 3.52. The molecule has 0 aromatic heterocycles. The van der Waals surface area contributed by atoms with E-state index in [1.165, 1.54) is 19.2 Å². The number of rotatable bonds is 6. The molecule has 0 aliphatic carbocycles. The zero-order valence-corrected chi connectivity index (χ0v) is 11.3. The molecule has 0 radical (unpaired) electrons. The number of halogens is 1. The molecule has 0 saturated carbocycles. The standard InChI is InChI=1S/C10H13FN2O3S2/c1-16-5-6-18(14,15)13-8-4-2-3-7(11)9(8)10(12)17/h2-4,13H,5-6H2,1H3,(H2,12,17). The predicted octanol–water partition coefficient (Wildman–Crippen LogP) is 0.848. The van der Waals surface area contributed by atoms with E-state index in [0.29, 0.717) is 0 Å². The smallest absolute Gasteiger partial charge is 0.235 e. The highest BCUT2D eigenvalue weighted by Crippen LogP contribution is 2.20. The maximum atomic E-state index is 13.5. The fraction of sp³-hybridized carbons (Fsp3) is 0.300. The van der Waals surface area contributed by atoms with Gasteiger partial charge in [-0.2, -0.15) is 0 Å². The monoisotopic (exact) mass is 292 g/mol. The fourth-order valence-electron chi connectivity index (χ4n) is 1.27. The second kappa shape index (κ2) is 6.07. The van der Waals surface area contributed by atoms with Gasteiger partial charge in [0.15, 0.2) is 0 Å². The average molecular weight is 292 g/mol. The van der Waals surface area contributed by atoms with E-state index in [2.05, 4.69) is 9.46 Å². The Morgan fingerprint density at radius 1 is 1.56 bits per heavy atom. The highest BCUT2D eigenvalue weighted by atomic mass is 32.2. The Balaban J connectivity index is 3.05. The number of methoxy groups -OCH3 is 1. The van der Waals surface area contributed by atoms with Crippen molar-refractivity contribution in [1.82, 2.24) is 0 Å². The van der Waals surface area contributed by atoms with Gasteiger partial charge in [0.05, 0.1) is 23.6 Å². The summed E-state index contributed by atoms with van der Waals surface area (Å²) in [4.78, 5) is -0.211. The second-order valence-corrected chi connectivity index (χ2v) is 5.72. The molecule has 0 aliphatic rings. The van der Waals surface area contributed by atoms with Gasteiger partial charge in [-0.15, -0.1) is 0 Å². The molecule has 18 heavy (non-hydrogen) atoms. The summed E-state index contributed by atoms with van der Waals surface area (Å²) >= 11 is 4.69. The van der Waals surface area contributed by atoms with Crippen LogP contribution in [0.5, 0.6) is 0 Å². The quantitative estimate of drug-likeness (QED) is 0.760. The zero-order chi connectivity index (χ0) is 13.8. The molecule has 0 atom stereocenters. The number of thiocarbonyl (C=S) groups is 1. The normalized spacial score (nSPS) is 11.2. The summed E-state index contributed by atoms with van der Waals surface area (Å²) in [5.74, 6) is -0.911. The van der Waals surface area contributed by atoms with E-state index in [1.54, 1.807) is 0 Å². The number of anilines is 1. The Bertz CT molecular complexity index is 546. The van der Waals surface area contributed by atoms with Gasteiger partial charge in [-0.25, -0.2) is 12.8 Å². The van der Waals surface area contributed by atoms with Crippen LogP contribution in [0.2, 0.25) is 0 Å². The second-order valence-electron chi connectivity index (χ2n) is 3.44. The summed E-state index contributed by atoms with van der Waals surface area (Å²) in [5, 5.41) is 0. The van der Waals surface area contributed by atoms with Crippen LogP contribution >= 0.6 is 12.2 Å². The molecule has 1 rings (SSSR count). The lowest BCUT2D eigenvalue weighted by Crippen LogP contribution is -2.23. The molecule has 0 heterocycles. The largest absolute Gasteiger partial charge is 0.389 e. The van der Waals surface area contributed by atoms with Gasteiger partial charge < -0.3 is 10.5 Å². The molecule has 0 fully saturated rings. The van der Waals surface area contributed by atoms with Crippen molar-refractivity contribution >= 4 is 32.9 Å². The summed E-state index contributed by atoms with van der Waals surface area (Å²) in [6, 6.07) is 3.91. The first-order valence-electron chi connectivity index (χ1n) is 4.95. The molecule has 1 aromatic carbocycles. The van der Waals surface area contributed by atoms with E-state index in [4.69, 9.17) is 18.0 Å². The molecule has 100 valence electrons. The lowest BCUT2D eigenvalue weighted by atomic mass is 10.2. The molecule has 0 saturated heterocycles. The molecule has 3 N–H and O–H groups in total. The summed E-state index contributed by atoms with van der Waals surface area (Å²) < 4.78 is 43.7. The van der Waals surface area contributed by atoms with Crippen LogP contribution in [-0.2, 0) is 14.8 Å². The van der Waals surface area contributed by atoms with Crippen LogP contribution in [0, 0.1) is 5.82 Å². The van der Waals surface area contributed by atoms with E-state index in [-0.39, 0.29) is 28.6 Å². The third kappa shape index (κ3) is 3.90. The Kier molecular flexibility index (Phi) is 5.00. The Labute approximate surface area is 110 Å². The number of benzene rings is 1. The van der Waals surface area contributed by atoms with Gasteiger partial charge in [0, 0.05) is 7.11 Å². The van der Waals surface area contributed by atoms with Gasteiger partial charge in [-0.1, -0.05) is 18.3 Å². The van der Waals surface area contributed by atoms with E-state index in [0.717, 1.165) is 6.07 Å². The molecule has 1 aromatic rings. The Hall–Kier alpha value is -1.25. The molecule has 5 nitrogen and oxygen atoms in total. The van der Waals surface area contributed by atoms with Gasteiger partial charge in [0.25, 0.3) is 0 Å². The summed E-state index contributed by atoms with van der Waals surface area (Å²) in [7, 11) is -2.24. The lowest BCUT2D eigenvalue weighted by molar-refractivity contribution is 0.217. The molecule has 8 heteroatoms. The van der Waals surface area contributed by atoms with Gasteiger partial charge in [-0.3, -0.25) is 4.72 Å². The van der Waals surface area contributed by atoms with Crippen LogP contribution in [0.1, 0.15) is 5.56 Å². The first-order chi connectivity index (χ1) is 8.37. The molecule has 0 unspecified atom stereocenters. The van der Waals surface area contributed by atoms with Crippen molar-refractivity contribution in [1.29, 1.82) is 0 Å². The van der Waals surface area contributed by atoms with Crippen LogP contribution < -0.4 is 10.5 Å². The van der Waals surface area contributed by atoms with E-state index in [1.807, 2.05) is 0 Å². The first-order valence-corrected chi connectivity index (χ1v) is 7.01. The third-order valence-electron chi connectivity index (χ3n) is 2.08. The van der Waals surface area contributed by atoms with Crippen LogP contribution in [0.3, 0.4) is 0 Å². The van der Waals surface area contributed by atoms with Crippen molar-refractivity contribution in [2.24, 2.45) is 5.73 Å². The molecule has 0 spiro atoms. The topological polar surface area (TPSA) is 81.4 Å². The van der Waals surface area contributed by atoms with Crippen molar-refractivity contribution in [3.8, 4) is 0 Å². The SMILES string of the molecule is COCCS(=O)(=O)Nc1cccc(F)c1C(N)=S. The maximum absolute atomic E-state index is 13.5. The van der Waals surface area contributed by atoms with Gasteiger partial charge in [0.2, 0.25) is 10.0 Å². The highest BCUT2D eigenvalue weighted by molar-refractivity contribution is 7.92. The molecule has 0 aliphatic heterocycles. The van der Waals surface area contributed by atoms with Crippen LogP contribution in [-0.4, -0.2) is 32.9 Å². The van der Waals surface area contributed by atoms with E-state index >= 15 is 0 Å². The summed E-state index contributed by atoms with van der Waals surface area (Å²) in [5.41, 5.74) is 5.28. The molecular weight excluding hydrogens is 279 g/mol. The van der Waals surface area contributed by atoms with E-state index < -0.39 is 15.8 Å². The van der Waals surface area contributed by atoms with Crippen molar-refractivity contribution in [3.05, 3.63) is 29.6 Å². The van der Waals surface area contributed by atoms with Gasteiger partial charge in [-0.05, 0) is 12.1 Å². The highest BCUT2D eigenvalue weighted by Gasteiger charge is 2.16. The minimum Gasteiger partial charge on any atom is -0.389 e. The summed E-state index contributed by atoms with van der Waals surface area (Å²) in [6.07, 6.45) is 0.